The van der Waals surface area contributed by atoms with Crippen molar-refractivity contribution in [3.8, 4) is 0 Å². The van der Waals surface area contributed by atoms with E-state index >= 15 is 0 Å². The van der Waals surface area contributed by atoms with Crippen molar-refractivity contribution >= 4 is 33.4 Å². The number of carbonyl (C=O) groups is 2. The average Bonchev–Trinajstić information content (AvgIpc) is 2.91. The Kier molecular flexibility index (Phi) is 4.73. The van der Waals surface area contributed by atoms with Gasteiger partial charge in [-0.3, -0.25) is 14.4 Å². The van der Waals surface area contributed by atoms with E-state index in [0.29, 0.717) is 40.2 Å². The highest BCUT2D eigenvalue weighted by Gasteiger charge is 2.35. The molecular formula is C18H22N4O4S. The van der Waals surface area contributed by atoms with Crippen molar-refractivity contribution in [1.82, 2.24) is 20.2 Å². The van der Waals surface area contributed by atoms with E-state index in [9.17, 15) is 19.5 Å². The molecule has 144 valence electrons. The molecule has 3 N–H and O–H groups in total. The molecule has 1 saturated carbocycles. The number of carbonyl (C=O) groups excluding carboxylic acids is 2. The number of amides is 2. The van der Waals surface area contributed by atoms with Gasteiger partial charge in [0.05, 0.1) is 22.7 Å². The number of aryl methyl sites for hydroxylation is 1. The predicted octanol–water partition coefficient (Wildman–Crippen LogP) is 0.785. The van der Waals surface area contributed by atoms with Crippen LogP contribution in [0.1, 0.15) is 40.9 Å². The van der Waals surface area contributed by atoms with Gasteiger partial charge in [0.1, 0.15) is 4.83 Å². The van der Waals surface area contributed by atoms with Crippen molar-refractivity contribution in [3.63, 3.8) is 0 Å². The first-order chi connectivity index (χ1) is 12.9. The van der Waals surface area contributed by atoms with Crippen LogP contribution >= 0.6 is 11.3 Å². The molecule has 0 unspecified atom stereocenters. The van der Waals surface area contributed by atoms with Crippen molar-refractivity contribution < 1.29 is 14.7 Å². The summed E-state index contributed by atoms with van der Waals surface area (Å²) in [4.78, 5) is 46.5. The van der Waals surface area contributed by atoms with Gasteiger partial charge in [0.25, 0.3) is 11.5 Å². The van der Waals surface area contributed by atoms with Crippen LogP contribution in [-0.4, -0.2) is 57.0 Å². The molecule has 0 spiro atoms. The molecule has 2 aliphatic rings. The monoisotopic (exact) mass is 390 g/mol. The number of aromatic amines is 1. The number of aliphatic hydroxyl groups excluding tert-OH is 1. The number of nitrogens with one attached hydrogen (secondary N) is 2. The predicted molar refractivity (Wildman–Crippen MR) is 101 cm³/mol. The summed E-state index contributed by atoms with van der Waals surface area (Å²) >= 11 is 1.17. The molecule has 4 rings (SSSR count). The Bertz CT molecular complexity index is 948. The fourth-order valence-electron chi connectivity index (χ4n) is 3.82. The lowest BCUT2D eigenvalue weighted by molar-refractivity contribution is -0.141. The summed E-state index contributed by atoms with van der Waals surface area (Å²) in [5.41, 5.74) is 0.332. The van der Waals surface area contributed by atoms with Crippen LogP contribution in [-0.2, 0) is 4.79 Å². The lowest BCUT2D eigenvalue weighted by atomic mass is 9.83. The number of hydrogen-bond acceptors (Lipinski definition) is 6. The zero-order chi connectivity index (χ0) is 19.1. The highest BCUT2D eigenvalue weighted by Crippen LogP contribution is 2.30. The van der Waals surface area contributed by atoms with Crippen LogP contribution in [0.5, 0.6) is 0 Å². The largest absolute Gasteiger partial charge is 0.391 e. The molecule has 0 bridgehead atoms. The van der Waals surface area contributed by atoms with E-state index < -0.39 is 6.10 Å². The van der Waals surface area contributed by atoms with Gasteiger partial charge in [-0.05, 0) is 31.7 Å². The van der Waals surface area contributed by atoms with Crippen molar-refractivity contribution in [1.29, 1.82) is 0 Å². The zero-order valence-corrected chi connectivity index (χ0v) is 15.8. The number of rotatable bonds is 3. The summed E-state index contributed by atoms with van der Waals surface area (Å²) < 4.78 is 0. The minimum atomic E-state index is -0.652. The topological polar surface area (TPSA) is 115 Å². The summed E-state index contributed by atoms with van der Waals surface area (Å²) in [6.45, 7) is 2.45. The van der Waals surface area contributed by atoms with Gasteiger partial charge in [0.2, 0.25) is 5.91 Å². The Hall–Kier alpha value is -2.26. The first kappa shape index (κ1) is 18.1. The molecule has 8 nitrogen and oxygen atoms in total. The van der Waals surface area contributed by atoms with E-state index in [1.165, 1.54) is 17.7 Å². The Morgan fingerprint density at radius 1 is 1.37 bits per heavy atom. The lowest BCUT2D eigenvalue weighted by Crippen LogP contribution is -2.55. The molecule has 2 atom stereocenters. The summed E-state index contributed by atoms with van der Waals surface area (Å²) in [6.07, 6.45) is 3.97. The van der Waals surface area contributed by atoms with E-state index in [4.69, 9.17) is 0 Å². The molecule has 27 heavy (non-hydrogen) atoms. The normalized spacial score (nSPS) is 23.3. The van der Waals surface area contributed by atoms with Gasteiger partial charge in [-0.25, -0.2) is 4.98 Å². The highest BCUT2D eigenvalue weighted by atomic mass is 32.1. The third-order valence-corrected chi connectivity index (χ3v) is 6.67. The quantitative estimate of drug-likeness (QED) is 0.717. The average molecular weight is 390 g/mol. The molecule has 2 fully saturated rings. The van der Waals surface area contributed by atoms with Crippen molar-refractivity contribution in [3.05, 3.63) is 27.1 Å². The smallest absolute Gasteiger partial charge is 0.262 e. The Morgan fingerprint density at radius 3 is 2.81 bits per heavy atom. The Balaban J connectivity index is 1.50. The van der Waals surface area contributed by atoms with Crippen molar-refractivity contribution in [2.24, 2.45) is 5.92 Å². The van der Waals surface area contributed by atoms with Crippen LogP contribution in [0.3, 0.4) is 0 Å². The number of piperidine rings is 1. The van der Waals surface area contributed by atoms with Gasteiger partial charge in [-0.15, -0.1) is 11.3 Å². The van der Waals surface area contributed by atoms with E-state index in [1.54, 1.807) is 11.8 Å². The first-order valence-corrected chi connectivity index (χ1v) is 10.00. The van der Waals surface area contributed by atoms with E-state index in [1.807, 2.05) is 0 Å². The van der Waals surface area contributed by atoms with E-state index in [2.05, 4.69) is 15.3 Å². The SMILES string of the molecule is Cc1c(C(=O)N[C@H]2C[C@@H](O)CN(C(=O)C3CCC3)C2)sc2nc[nH]c(=O)c12. The van der Waals surface area contributed by atoms with Crippen LogP contribution in [0.15, 0.2) is 11.1 Å². The molecule has 3 heterocycles. The second kappa shape index (κ2) is 7.05. The fraction of sp³-hybridized carbons (Fsp3) is 0.556. The zero-order valence-electron chi connectivity index (χ0n) is 15.0. The number of thiophene rings is 1. The first-order valence-electron chi connectivity index (χ1n) is 9.18. The van der Waals surface area contributed by atoms with E-state index in [0.717, 1.165) is 19.3 Å². The Labute approximate surface area is 159 Å². The number of nitrogens with zero attached hydrogens (tertiary/aromatic N) is 2. The molecule has 9 heteroatoms. The number of aliphatic hydroxyl groups is 1. The van der Waals surface area contributed by atoms with Crippen LogP contribution in [0.4, 0.5) is 0 Å². The van der Waals surface area contributed by atoms with Gasteiger partial charge in [-0.1, -0.05) is 6.42 Å². The molecule has 2 aromatic heterocycles. The van der Waals surface area contributed by atoms with Crippen LogP contribution < -0.4 is 10.9 Å². The summed E-state index contributed by atoms with van der Waals surface area (Å²) in [5, 5.41) is 13.5. The number of β-amino-alcohol motifs (C(OH)–C–C–N with tert-alkyl or cyclic N) is 1. The number of hydrogen-bond donors (Lipinski definition) is 3. The number of likely N-dealkylation sites (tertiary alicyclic amines) is 1. The summed E-state index contributed by atoms with van der Waals surface area (Å²) in [5.74, 6) is -0.160. The number of aromatic nitrogens is 2. The molecule has 1 aliphatic carbocycles. The standard InChI is InChI=1S/C18H22N4O4S/c1-9-13-15(24)19-8-20-17(13)27-14(9)16(25)21-11-5-12(23)7-22(6-11)18(26)10-3-2-4-10/h8,10-12,23H,2-7H2,1H3,(H,21,25)(H,19,20,24)/t11-,12+/m0/s1. The molecule has 0 aromatic carbocycles. The maximum absolute atomic E-state index is 12.8. The van der Waals surface area contributed by atoms with Crippen molar-refractivity contribution in [2.45, 2.75) is 44.8 Å². The van der Waals surface area contributed by atoms with E-state index in [-0.39, 0.29) is 29.3 Å². The third kappa shape index (κ3) is 3.37. The van der Waals surface area contributed by atoms with Crippen LogP contribution in [0, 0.1) is 12.8 Å². The second-order valence-electron chi connectivity index (χ2n) is 7.40. The third-order valence-electron chi connectivity index (χ3n) is 5.47. The summed E-state index contributed by atoms with van der Waals surface area (Å²) in [6, 6.07) is -0.318. The minimum Gasteiger partial charge on any atom is -0.391 e. The van der Waals surface area contributed by atoms with Gasteiger partial charge >= 0.3 is 0 Å². The minimum absolute atomic E-state index is 0.0642. The lowest BCUT2D eigenvalue weighted by Gasteiger charge is -2.39. The number of H-pyrrole nitrogens is 1. The Morgan fingerprint density at radius 2 is 2.15 bits per heavy atom. The molecule has 2 aromatic rings. The number of fused-ring (bicyclic) bond motifs is 1. The van der Waals surface area contributed by atoms with Crippen LogP contribution in [0.25, 0.3) is 10.2 Å². The van der Waals surface area contributed by atoms with Gasteiger partial charge in [0.15, 0.2) is 0 Å². The van der Waals surface area contributed by atoms with Crippen molar-refractivity contribution in [2.75, 3.05) is 13.1 Å². The fourth-order valence-corrected chi connectivity index (χ4v) is 4.87. The molecule has 1 saturated heterocycles. The summed E-state index contributed by atoms with van der Waals surface area (Å²) in [7, 11) is 0. The maximum Gasteiger partial charge on any atom is 0.262 e. The molecule has 0 radical (unpaired) electrons. The van der Waals surface area contributed by atoms with Gasteiger partial charge < -0.3 is 20.3 Å². The molecule has 1 aliphatic heterocycles. The molecular weight excluding hydrogens is 368 g/mol. The second-order valence-corrected chi connectivity index (χ2v) is 8.40. The molecule has 2 amide bonds. The van der Waals surface area contributed by atoms with Gasteiger partial charge in [0, 0.05) is 25.0 Å². The maximum atomic E-state index is 12.8. The van der Waals surface area contributed by atoms with Gasteiger partial charge in [-0.2, -0.15) is 0 Å². The van der Waals surface area contributed by atoms with Crippen LogP contribution in [0.2, 0.25) is 0 Å². The highest BCUT2D eigenvalue weighted by molar-refractivity contribution is 7.20.